The molecule has 5 rings (SSSR count). The van der Waals surface area contributed by atoms with Crippen LogP contribution in [0, 0.1) is 19.8 Å². The first kappa shape index (κ1) is 22.9. The summed E-state index contributed by atoms with van der Waals surface area (Å²) in [6.07, 6.45) is 5.04. The first-order chi connectivity index (χ1) is 15.1. The summed E-state index contributed by atoms with van der Waals surface area (Å²) in [5.41, 5.74) is 7.65. The number of methoxy groups -OCH3 is 1. The lowest BCUT2D eigenvalue weighted by atomic mass is 10.0. The molecule has 7 heteroatoms. The third-order valence-electron chi connectivity index (χ3n) is 6.54. The lowest BCUT2D eigenvalue weighted by molar-refractivity contribution is 0.133. The zero-order chi connectivity index (χ0) is 21.5. The van der Waals surface area contributed by atoms with E-state index in [4.69, 9.17) is 19.6 Å². The fraction of sp³-hybridized carbons (Fsp3) is 0.520. The Balaban J connectivity index is 0.00000245. The maximum atomic E-state index is 5.85. The van der Waals surface area contributed by atoms with Gasteiger partial charge in [0.25, 0.3) is 0 Å². The molecule has 1 aliphatic carbocycles. The van der Waals surface area contributed by atoms with Gasteiger partial charge in [0.05, 0.1) is 31.7 Å². The normalized spacial score (nSPS) is 15.0. The fourth-order valence-electron chi connectivity index (χ4n) is 4.66. The minimum absolute atomic E-state index is 0. The van der Waals surface area contributed by atoms with Crippen molar-refractivity contribution in [3.63, 3.8) is 0 Å². The Morgan fingerprint density at radius 2 is 2.03 bits per heavy atom. The molecule has 1 aliphatic heterocycles. The van der Waals surface area contributed by atoms with Crippen LogP contribution in [0.25, 0.3) is 16.8 Å². The summed E-state index contributed by atoms with van der Waals surface area (Å²) in [5.74, 6) is 2.87. The van der Waals surface area contributed by atoms with E-state index in [-0.39, 0.29) is 12.4 Å². The first-order valence-corrected chi connectivity index (χ1v) is 11.5. The van der Waals surface area contributed by atoms with Gasteiger partial charge in [-0.05, 0) is 62.3 Å². The predicted octanol–water partition coefficient (Wildman–Crippen LogP) is 5.49. The number of anilines is 1. The van der Waals surface area contributed by atoms with E-state index >= 15 is 0 Å². The molecule has 0 atom stereocenters. The van der Waals surface area contributed by atoms with Gasteiger partial charge in [-0.2, -0.15) is 9.61 Å². The zero-order valence-electron chi connectivity index (χ0n) is 19.5. The van der Waals surface area contributed by atoms with E-state index in [1.54, 1.807) is 7.11 Å². The molecule has 0 bridgehead atoms. The molecular weight excluding hydrogens is 424 g/mol. The Bertz CT molecular complexity index is 1120. The highest BCUT2D eigenvalue weighted by Crippen LogP contribution is 2.39. The molecule has 0 radical (unpaired) electrons. The van der Waals surface area contributed by atoms with Crippen molar-refractivity contribution in [2.24, 2.45) is 5.92 Å². The van der Waals surface area contributed by atoms with E-state index in [9.17, 15) is 0 Å². The van der Waals surface area contributed by atoms with Crippen LogP contribution in [0.5, 0.6) is 5.75 Å². The third-order valence-corrected chi connectivity index (χ3v) is 6.54. The molecule has 3 heterocycles. The number of aryl methyl sites for hydroxylation is 2. The van der Waals surface area contributed by atoms with Crippen LogP contribution in [0.3, 0.4) is 0 Å². The smallest absolute Gasteiger partial charge is 0.165 e. The maximum Gasteiger partial charge on any atom is 0.165 e. The number of rotatable bonds is 8. The summed E-state index contributed by atoms with van der Waals surface area (Å²) in [4.78, 5) is 7.63. The van der Waals surface area contributed by atoms with Crippen LogP contribution in [0.4, 0.5) is 5.82 Å². The predicted molar refractivity (Wildman–Crippen MR) is 130 cm³/mol. The Morgan fingerprint density at radius 3 is 2.72 bits per heavy atom. The number of fused-ring (bicyclic) bond motifs is 2. The monoisotopic (exact) mass is 456 g/mol. The Kier molecular flexibility index (Phi) is 6.63. The van der Waals surface area contributed by atoms with Gasteiger partial charge in [-0.25, -0.2) is 4.98 Å². The van der Waals surface area contributed by atoms with Crippen molar-refractivity contribution < 1.29 is 9.47 Å². The largest absolute Gasteiger partial charge is 0.497 e. The molecule has 0 unspecified atom stereocenters. The molecular formula is C25H33ClN4O2. The maximum absolute atomic E-state index is 5.85. The van der Waals surface area contributed by atoms with Crippen molar-refractivity contribution in [3.05, 3.63) is 40.7 Å². The SMILES string of the molecule is CCCCN(CC1CC1)c1c2c(nc3c(-c4ccc(OC)cc4C)c(C)nn13)COC2.Cl. The number of benzene rings is 1. The van der Waals surface area contributed by atoms with Gasteiger partial charge in [0, 0.05) is 24.2 Å². The van der Waals surface area contributed by atoms with Gasteiger partial charge in [0.15, 0.2) is 5.65 Å². The van der Waals surface area contributed by atoms with E-state index in [0.717, 1.165) is 52.9 Å². The summed E-state index contributed by atoms with van der Waals surface area (Å²) in [7, 11) is 1.71. The lowest BCUT2D eigenvalue weighted by Gasteiger charge is -2.27. The zero-order valence-corrected chi connectivity index (χ0v) is 20.3. The van der Waals surface area contributed by atoms with E-state index < -0.39 is 0 Å². The van der Waals surface area contributed by atoms with E-state index in [2.05, 4.69) is 42.3 Å². The van der Waals surface area contributed by atoms with E-state index in [1.807, 2.05) is 6.07 Å². The van der Waals surface area contributed by atoms with Crippen molar-refractivity contribution in [1.29, 1.82) is 0 Å². The van der Waals surface area contributed by atoms with Crippen molar-refractivity contribution in [2.75, 3.05) is 25.1 Å². The van der Waals surface area contributed by atoms with E-state index in [0.29, 0.717) is 13.2 Å². The van der Waals surface area contributed by atoms with Gasteiger partial charge in [-0.1, -0.05) is 19.4 Å². The second-order valence-electron chi connectivity index (χ2n) is 8.97. The number of ether oxygens (including phenoxy) is 2. The summed E-state index contributed by atoms with van der Waals surface area (Å²) < 4.78 is 13.4. The summed E-state index contributed by atoms with van der Waals surface area (Å²) in [5, 5.41) is 5.03. The molecule has 0 spiro atoms. The average molecular weight is 457 g/mol. The van der Waals surface area contributed by atoms with Crippen LogP contribution in [0.15, 0.2) is 18.2 Å². The van der Waals surface area contributed by atoms with Crippen LogP contribution in [-0.4, -0.2) is 34.8 Å². The van der Waals surface area contributed by atoms with Gasteiger partial charge in [-0.3, -0.25) is 0 Å². The third kappa shape index (κ3) is 4.06. The van der Waals surface area contributed by atoms with Gasteiger partial charge < -0.3 is 14.4 Å². The molecule has 1 aromatic carbocycles. The fourth-order valence-corrected chi connectivity index (χ4v) is 4.66. The molecule has 0 N–H and O–H groups in total. The highest BCUT2D eigenvalue weighted by molar-refractivity contribution is 5.85. The van der Waals surface area contributed by atoms with Crippen LogP contribution >= 0.6 is 12.4 Å². The van der Waals surface area contributed by atoms with Crippen molar-refractivity contribution in [3.8, 4) is 16.9 Å². The Morgan fingerprint density at radius 1 is 1.22 bits per heavy atom. The van der Waals surface area contributed by atoms with Crippen molar-refractivity contribution in [1.82, 2.24) is 14.6 Å². The van der Waals surface area contributed by atoms with Crippen LogP contribution in [0.2, 0.25) is 0 Å². The average Bonchev–Trinajstić information content (AvgIpc) is 3.36. The molecule has 172 valence electrons. The summed E-state index contributed by atoms with van der Waals surface area (Å²) >= 11 is 0. The molecule has 2 aromatic heterocycles. The minimum Gasteiger partial charge on any atom is -0.497 e. The number of aromatic nitrogens is 3. The summed E-state index contributed by atoms with van der Waals surface area (Å²) in [6.45, 7) is 9.82. The summed E-state index contributed by atoms with van der Waals surface area (Å²) in [6, 6.07) is 6.22. The topological polar surface area (TPSA) is 51.9 Å². The molecule has 0 amide bonds. The number of halogens is 1. The number of hydrogen-bond donors (Lipinski definition) is 0. The van der Waals surface area contributed by atoms with Crippen molar-refractivity contribution in [2.45, 2.75) is 59.7 Å². The number of nitrogens with zero attached hydrogens (tertiary/aromatic N) is 4. The highest BCUT2D eigenvalue weighted by atomic mass is 35.5. The quantitative estimate of drug-likeness (QED) is 0.448. The van der Waals surface area contributed by atoms with Gasteiger partial charge >= 0.3 is 0 Å². The molecule has 32 heavy (non-hydrogen) atoms. The standard InChI is InChI=1S/C25H32N4O2.ClH/c1-5-6-11-28(13-18-7-8-18)25-21-14-31-15-22(21)26-24-23(17(3)27-29(24)25)20-10-9-19(30-4)12-16(20)2;/h9-10,12,18H,5-8,11,13-15H2,1-4H3;1H. The minimum atomic E-state index is 0. The lowest BCUT2D eigenvalue weighted by Crippen LogP contribution is -2.30. The first-order valence-electron chi connectivity index (χ1n) is 11.5. The van der Waals surface area contributed by atoms with Gasteiger partial charge in [-0.15, -0.1) is 12.4 Å². The Labute approximate surface area is 196 Å². The van der Waals surface area contributed by atoms with Crippen LogP contribution < -0.4 is 9.64 Å². The van der Waals surface area contributed by atoms with E-state index in [1.165, 1.54) is 42.6 Å². The number of unbranched alkanes of at least 4 members (excludes halogenated alkanes) is 1. The van der Waals surface area contributed by atoms with Gasteiger partial charge in [0.2, 0.25) is 0 Å². The molecule has 6 nitrogen and oxygen atoms in total. The van der Waals surface area contributed by atoms with Gasteiger partial charge in [0.1, 0.15) is 11.6 Å². The Hall–Kier alpha value is -2.31. The highest BCUT2D eigenvalue weighted by Gasteiger charge is 2.31. The molecule has 3 aromatic rings. The number of hydrogen-bond acceptors (Lipinski definition) is 5. The van der Waals surface area contributed by atoms with Crippen LogP contribution in [-0.2, 0) is 18.0 Å². The second kappa shape index (κ2) is 9.28. The second-order valence-corrected chi connectivity index (χ2v) is 8.97. The van der Waals surface area contributed by atoms with Crippen LogP contribution in [0.1, 0.15) is 55.1 Å². The molecule has 1 fully saturated rings. The van der Waals surface area contributed by atoms with Crippen molar-refractivity contribution >= 4 is 23.9 Å². The molecule has 0 saturated heterocycles. The molecule has 1 saturated carbocycles. The molecule has 2 aliphatic rings.